The zero-order valence-corrected chi connectivity index (χ0v) is 14.2. The maximum absolute atomic E-state index is 12.7. The highest BCUT2D eigenvalue weighted by Crippen LogP contribution is 2.24. The van der Waals surface area contributed by atoms with Gasteiger partial charge in [-0.25, -0.2) is 8.42 Å². The summed E-state index contributed by atoms with van der Waals surface area (Å²) >= 11 is 0. The van der Waals surface area contributed by atoms with Crippen LogP contribution in [0.1, 0.15) is 24.0 Å². The molecule has 1 amide bonds. The first kappa shape index (κ1) is 18.7. The molecule has 9 heteroatoms. The van der Waals surface area contributed by atoms with Gasteiger partial charge in [0.25, 0.3) is 0 Å². The minimum Gasteiger partial charge on any atom is -0.345 e. The van der Waals surface area contributed by atoms with E-state index in [0.29, 0.717) is 5.56 Å². The van der Waals surface area contributed by atoms with Gasteiger partial charge in [0.1, 0.15) is 0 Å². The van der Waals surface area contributed by atoms with Crippen LogP contribution in [0, 0.1) is 13.8 Å². The van der Waals surface area contributed by atoms with Crippen molar-refractivity contribution < 1.29 is 26.4 Å². The number of alkyl halides is 3. The number of nitrogens with zero attached hydrogens (tertiary/aromatic N) is 1. The van der Waals surface area contributed by atoms with Crippen molar-refractivity contribution in [3.8, 4) is 0 Å². The van der Waals surface area contributed by atoms with E-state index in [1.807, 2.05) is 12.2 Å². The second kappa shape index (κ2) is 6.72. The Kier molecular flexibility index (Phi) is 5.24. The molecule has 0 saturated carbocycles. The molecule has 24 heavy (non-hydrogen) atoms. The van der Waals surface area contributed by atoms with E-state index in [4.69, 9.17) is 0 Å². The molecule has 0 aliphatic carbocycles. The number of hydrogen-bond acceptors (Lipinski definition) is 3. The number of rotatable bonds is 3. The summed E-state index contributed by atoms with van der Waals surface area (Å²) in [5, 5.41) is 1.90. The Morgan fingerprint density at radius 3 is 2.29 bits per heavy atom. The van der Waals surface area contributed by atoms with E-state index in [-0.39, 0.29) is 30.8 Å². The third-order valence-electron chi connectivity index (χ3n) is 3.99. The number of carbonyl (C=O) groups is 1. The lowest BCUT2D eigenvalue weighted by atomic mass is 10.1. The number of benzene rings is 1. The van der Waals surface area contributed by atoms with E-state index < -0.39 is 28.1 Å². The van der Waals surface area contributed by atoms with Crippen molar-refractivity contribution in [2.75, 3.05) is 13.1 Å². The van der Waals surface area contributed by atoms with Gasteiger partial charge in [0.2, 0.25) is 10.0 Å². The lowest BCUT2D eigenvalue weighted by molar-refractivity contribution is -0.174. The second-order valence-corrected chi connectivity index (χ2v) is 7.82. The van der Waals surface area contributed by atoms with E-state index in [0.717, 1.165) is 5.56 Å². The van der Waals surface area contributed by atoms with Crippen molar-refractivity contribution >= 4 is 15.9 Å². The van der Waals surface area contributed by atoms with Gasteiger partial charge in [0, 0.05) is 19.1 Å². The van der Waals surface area contributed by atoms with Gasteiger partial charge in [0.15, 0.2) is 0 Å². The first-order valence-corrected chi connectivity index (χ1v) is 8.91. The molecular formula is C15H19F3N2O3S. The molecule has 0 bridgehead atoms. The van der Waals surface area contributed by atoms with Gasteiger partial charge in [-0.2, -0.15) is 17.5 Å². The van der Waals surface area contributed by atoms with Gasteiger partial charge in [-0.05, 0) is 38.3 Å². The number of aryl methyl sites for hydroxylation is 2. The minimum absolute atomic E-state index is 0.0679. The number of nitrogens with one attached hydrogen (secondary N) is 1. The third-order valence-corrected chi connectivity index (χ3v) is 6.05. The summed E-state index contributed by atoms with van der Waals surface area (Å²) in [6.07, 6.45) is -4.64. The van der Waals surface area contributed by atoms with Crippen LogP contribution in [0.25, 0.3) is 0 Å². The summed E-state index contributed by atoms with van der Waals surface area (Å²) in [6, 6.07) is 4.33. The molecule has 1 N–H and O–H groups in total. The number of hydrogen-bond donors (Lipinski definition) is 1. The van der Waals surface area contributed by atoms with Gasteiger partial charge < -0.3 is 5.32 Å². The zero-order chi connectivity index (χ0) is 18.1. The SMILES string of the molecule is Cc1ccc(S(=O)(=O)N2CCC(NC(=O)C(F)(F)F)CC2)c(C)c1. The summed E-state index contributed by atoms with van der Waals surface area (Å²) < 4.78 is 63.3. The van der Waals surface area contributed by atoms with E-state index in [1.165, 1.54) is 10.4 Å². The van der Waals surface area contributed by atoms with E-state index >= 15 is 0 Å². The zero-order valence-electron chi connectivity index (χ0n) is 13.4. The molecule has 1 aromatic carbocycles. The van der Waals surface area contributed by atoms with Crippen LogP contribution in [-0.2, 0) is 14.8 Å². The fourth-order valence-corrected chi connectivity index (χ4v) is 4.41. The highest BCUT2D eigenvalue weighted by molar-refractivity contribution is 7.89. The molecule has 2 rings (SSSR count). The minimum atomic E-state index is -4.93. The van der Waals surface area contributed by atoms with Crippen molar-refractivity contribution in [3.63, 3.8) is 0 Å². The summed E-state index contributed by atoms with van der Waals surface area (Å²) in [5.74, 6) is -1.99. The fourth-order valence-electron chi connectivity index (χ4n) is 2.74. The standard InChI is InChI=1S/C15H19F3N2O3S/c1-10-3-4-13(11(2)9-10)24(22,23)20-7-5-12(6-8-20)19-14(21)15(16,17)18/h3-4,9,12H,5-8H2,1-2H3,(H,19,21). The molecule has 0 spiro atoms. The van der Waals surface area contributed by atoms with Crippen molar-refractivity contribution in [1.82, 2.24) is 9.62 Å². The molecule has 1 aromatic rings. The number of halogens is 3. The number of carbonyl (C=O) groups excluding carboxylic acids is 1. The van der Waals surface area contributed by atoms with Crippen molar-refractivity contribution in [2.45, 2.75) is 43.8 Å². The molecule has 1 saturated heterocycles. The van der Waals surface area contributed by atoms with Crippen molar-refractivity contribution in [3.05, 3.63) is 29.3 Å². The van der Waals surface area contributed by atoms with E-state index in [9.17, 15) is 26.4 Å². The number of piperidine rings is 1. The van der Waals surface area contributed by atoms with Crippen LogP contribution in [0.15, 0.2) is 23.1 Å². The molecule has 0 radical (unpaired) electrons. The lowest BCUT2D eigenvalue weighted by Gasteiger charge is -2.32. The summed E-state index contributed by atoms with van der Waals surface area (Å²) in [7, 11) is -3.69. The van der Waals surface area contributed by atoms with Crippen LogP contribution in [0.3, 0.4) is 0 Å². The quantitative estimate of drug-likeness (QED) is 0.894. The lowest BCUT2D eigenvalue weighted by Crippen LogP contribution is -2.49. The first-order chi connectivity index (χ1) is 11.0. The highest BCUT2D eigenvalue weighted by Gasteiger charge is 2.40. The molecule has 1 heterocycles. The molecule has 1 fully saturated rings. The maximum Gasteiger partial charge on any atom is 0.471 e. The van der Waals surface area contributed by atoms with Gasteiger partial charge in [0.05, 0.1) is 4.90 Å². The Morgan fingerprint density at radius 1 is 1.21 bits per heavy atom. The second-order valence-electron chi connectivity index (χ2n) is 5.92. The summed E-state index contributed by atoms with van der Waals surface area (Å²) in [4.78, 5) is 11.1. The van der Waals surface area contributed by atoms with E-state index in [1.54, 1.807) is 19.1 Å². The van der Waals surface area contributed by atoms with E-state index in [2.05, 4.69) is 0 Å². The van der Waals surface area contributed by atoms with Crippen LogP contribution < -0.4 is 5.32 Å². The Morgan fingerprint density at radius 2 is 1.79 bits per heavy atom. The van der Waals surface area contributed by atoms with Crippen LogP contribution in [-0.4, -0.2) is 43.9 Å². The molecule has 1 aliphatic rings. The van der Waals surface area contributed by atoms with Gasteiger partial charge in [-0.1, -0.05) is 17.7 Å². The highest BCUT2D eigenvalue weighted by atomic mass is 32.2. The molecular weight excluding hydrogens is 345 g/mol. The largest absolute Gasteiger partial charge is 0.471 e. The molecule has 0 atom stereocenters. The topological polar surface area (TPSA) is 66.5 Å². The monoisotopic (exact) mass is 364 g/mol. The fraction of sp³-hybridized carbons (Fsp3) is 0.533. The van der Waals surface area contributed by atoms with Crippen molar-refractivity contribution in [1.29, 1.82) is 0 Å². The molecule has 0 aromatic heterocycles. The maximum atomic E-state index is 12.7. The van der Waals surface area contributed by atoms with Crippen molar-refractivity contribution in [2.24, 2.45) is 0 Å². The first-order valence-electron chi connectivity index (χ1n) is 7.47. The molecule has 1 aliphatic heterocycles. The Hall–Kier alpha value is -1.61. The average Bonchev–Trinajstić information content (AvgIpc) is 2.46. The number of amides is 1. The molecule has 134 valence electrons. The normalized spacial score (nSPS) is 17.7. The summed E-state index contributed by atoms with van der Waals surface area (Å²) in [5.41, 5.74) is 1.57. The third kappa shape index (κ3) is 4.07. The number of sulfonamides is 1. The predicted octanol–water partition coefficient (Wildman–Crippen LogP) is 2.14. The predicted molar refractivity (Wildman–Crippen MR) is 81.9 cm³/mol. The van der Waals surface area contributed by atoms with Gasteiger partial charge in [-0.15, -0.1) is 0 Å². The Labute approximate surface area is 138 Å². The Bertz CT molecular complexity index is 724. The van der Waals surface area contributed by atoms with Crippen LogP contribution in [0.2, 0.25) is 0 Å². The van der Waals surface area contributed by atoms with Crippen LogP contribution in [0.4, 0.5) is 13.2 Å². The smallest absolute Gasteiger partial charge is 0.345 e. The summed E-state index contributed by atoms with van der Waals surface area (Å²) in [6.45, 7) is 3.70. The molecule has 0 unspecified atom stereocenters. The van der Waals surface area contributed by atoms with Gasteiger partial charge in [-0.3, -0.25) is 4.79 Å². The van der Waals surface area contributed by atoms with Crippen LogP contribution >= 0.6 is 0 Å². The Balaban J connectivity index is 2.05. The van der Waals surface area contributed by atoms with Gasteiger partial charge >= 0.3 is 12.1 Å². The van der Waals surface area contributed by atoms with Crippen LogP contribution in [0.5, 0.6) is 0 Å². The average molecular weight is 364 g/mol. The molecule has 5 nitrogen and oxygen atoms in total.